The second kappa shape index (κ2) is 5.43. The molecule has 1 fully saturated rings. The number of piperidine rings is 1. The molecule has 1 aliphatic rings. The lowest BCUT2D eigenvalue weighted by Crippen LogP contribution is -2.30. The lowest BCUT2D eigenvalue weighted by Gasteiger charge is -2.30. The lowest BCUT2D eigenvalue weighted by atomic mass is 10.0. The predicted molar refractivity (Wildman–Crippen MR) is 79.3 cm³/mol. The third-order valence-corrected chi connectivity index (χ3v) is 3.88. The SMILES string of the molecule is Cc1c(-c2ccccc2)[c]ncc1N1CCCCC1. The highest BCUT2D eigenvalue weighted by atomic mass is 15.1. The fourth-order valence-corrected chi connectivity index (χ4v) is 2.81. The summed E-state index contributed by atoms with van der Waals surface area (Å²) in [6.45, 7) is 4.49. The second-order valence-electron chi connectivity index (χ2n) is 5.17. The molecule has 2 nitrogen and oxygen atoms in total. The van der Waals surface area contributed by atoms with Crippen molar-refractivity contribution in [3.8, 4) is 11.1 Å². The van der Waals surface area contributed by atoms with E-state index in [0.717, 1.165) is 18.7 Å². The molecule has 0 saturated carbocycles. The van der Waals surface area contributed by atoms with Crippen molar-refractivity contribution in [3.63, 3.8) is 0 Å². The normalized spacial score (nSPS) is 15.5. The van der Waals surface area contributed by atoms with E-state index in [1.807, 2.05) is 12.3 Å². The average Bonchev–Trinajstić information content (AvgIpc) is 2.49. The van der Waals surface area contributed by atoms with Crippen molar-refractivity contribution in [3.05, 3.63) is 48.3 Å². The summed E-state index contributed by atoms with van der Waals surface area (Å²) >= 11 is 0. The maximum Gasteiger partial charge on any atom is 0.0975 e. The predicted octanol–water partition coefficient (Wildman–Crippen LogP) is 3.85. The Morgan fingerprint density at radius 3 is 2.53 bits per heavy atom. The Morgan fingerprint density at radius 1 is 1.05 bits per heavy atom. The van der Waals surface area contributed by atoms with Crippen LogP contribution in [0, 0.1) is 13.1 Å². The van der Waals surface area contributed by atoms with Gasteiger partial charge in [0.2, 0.25) is 0 Å². The van der Waals surface area contributed by atoms with Crippen LogP contribution in [0.5, 0.6) is 0 Å². The van der Waals surface area contributed by atoms with Crippen molar-refractivity contribution in [2.75, 3.05) is 18.0 Å². The van der Waals surface area contributed by atoms with E-state index >= 15 is 0 Å². The van der Waals surface area contributed by atoms with Crippen molar-refractivity contribution < 1.29 is 0 Å². The van der Waals surface area contributed by atoms with Crippen molar-refractivity contribution >= 4 is 5.69 Å². The molecule has 1 aromatic heterocycles. The van der Waals surface area contributed by atoms with Crippen LogP contribution in [0.25, 0.3) is 11.1 Å². The highest BCUT2D eigenvalue weighted by Gasteiger charge is 2.15. The number of anilines is 1. The van der Waals surface area contributed by atoms with Crippen LogP contribution >= 0.6 is 0 Å². The Labute approximate surface area is 115 Å². The molecule has 0 amide bonds. The molecule has 2 heteroatoms. The molecule has 0 spiro atoms. The number of benzene rings is 1. The molecule has 2 heterocycles. The lowest BCUT2D eigenvalue weighted by molar-refractivity contribution is 0.576. The van der Waals surface area contributed by atoms with Crippen molar-refractivity contribution in [1.29, 1.82) is 0 Å². The van der Waals surface area contributed by atoms with E-state index in [4.69, 9.17) is 0 Å². The molecule has 0 atom stereocenters. The molecule has 1 radical (unpaired) electrons. The monoisotopic (exact) mass is 251 g/mol. The van der Waals surface area contributed by atoms with E-state index in [1.54, 1.807) is 0 Å². The third kappa shape index (κ3) is 2.48. The van der Waals surface area contributed by atoms with Crippen LogP contribution in [0.2, 0.25) is 0 Å². The number of rotatable bonds is 2. The molecule has 0 unspecified atom stereocenters. The zero-order chi connectivity index (χ0) is 13.1. The van der Waals surface area contributed by atoms with E-state index in [0.29, 0.717) is 0 Å². The summed E-state index contributed by atoms with van der Waals surface area (Å²) in [7, 11) is 0. The van der Waals surface area contributed by atoms with Gasteiger partial charge in [-0.25, -0.2) is 0 Å². The minimum Gasteiger partial charge on any atom is -0.370 e. The van der Waals surface area contributed by atoms with Gasteiger partial charge in [-0.15, -0.1) is 0 Å². The number of nitrogens with zero attached hydrogens (tertiary/aromatic N) is 2. The van der Waals surface area contributed by atoms with Gasteiger partial charge in [0.15, 0.2) is 0 Å². The minimum absolute atomic E-state index is 1.13. The van der Waals surface area contributed by atoms with Gasteiger partial charge in [-0.05, 0) is 37.3 Å². The van der Waals surface area contributed by atoms with Gasteiger partial charge in [0.1, 0.15) is 0 Å². The van der Waals surface area contributed by atoms with E-state index < -0.39 is 0 Å². The molecule has 19 heavy (non-hydrogen) atoms. The molecule has 97 valence electrons. The van der Waals surface area contributed by atoms with Crippen LogP contribution in [0.1, 0.15) is 24.8 Å². The average molecular weight is 251 g/mol. The van der Waals surface area contributed by atoms with E-state index in [1.165, 1.54) is 36.1 Å². The third-order valence-electron chi connectivity index (χ3n) is 3.88. The van der Waals surface area contributed by atoms with Crippen LogP contribution < -0.4 is 4.90 Å². The molecule has 0 aliphatic carbocycles. The first-order valence-corrected chi connectivity index (χ1v) is 7.04. The fourth-order valence-electron chi connectivity index (χ4n) is 2.81. The molecule has 0 N–H and O–H groups in total. The highest BCUT2D eigenvalue weighted by Crippen LogP contribution is 2.30. The van der Waals surface area contributed by atoms with Crippen molar-refractivity contribution in [2.24, 2.45) is 0 Å². The highest BCUT2D eigenvalue weighted by molar-refractivity contribution is 5.72. The first kappa shape index (κ1) is 12.2. The number of hydrogen-bond acceptors (Lipinski definition) is 2. The minimum atomic E-state index is 1.13. The summed E-state index contributed by atoms with van der Waals surface area (Å²) in [5.74, 6) is 0. The Balaban J connectivity index is 1.99. The van der Waals surface area contributed by atoms with Crippen LogP contribution in [0.15, 0.2) is 36.5 Å². The molecule has 0 bridgehead atoms. The molecular formula is C17H19N2. The number of aromatic nitrogens is 1. The molecule has 2 aromatic rings. The Kier molecular flexibility index (Phi) is 3.49. The first-order chi connectivity index (χ1) is 9.36. The number of hydrogen-bond donors (Lipinski definition) is 0. The molecule has 1 aromatic carbocycles. The van der Waals surface area contributed by atoms with E-state index in [-0.39, 0.29) is 0 Å². The van der Waals surface area contributed by atoms with Gasteiger partial charge < -0.3 is 4.90 Å². The number of pyridine rings is 1. The summed E-state index contributed by atoms with van der Waals surface area (Å²) in [4.78, 5) is 6.79. The van der Waals surface area contributed by atoms with Gasteiger partial charge in [0, 0.05) is 18.7 Å². The van der Waals surface area contributed by atoms with E-state index in [9.17, 15) is 0 Å². The zero-order valence-electron chi connectivity index (χ0n) is 11.4. The first-order valence-electron chi connectivity index (χ1n) is 7.04. The summed E-state index contributed by atoms with van der Waals surface area (Å²) in [6, 6.07) is 10.4. The molecular weight excluding hydrogens is 232 g/mol. The quantitative estimate of drug-likeness (QED) is 0.806. The van der Waals surface area contributed by atoms with Crippen LogP contribution in [-0.4, -0.2) is 18.1 Å². The summed E-state index contributed by atoms with van der Waals surface area (Å²) in [6.07, 6.45) is 9.06. The van der Waals surface area contributed by atoms with Crippen molar-refractivity contribution in [1.82, 2.24) is 4.98 Å². The standard InChI is InChI=1S/C17H19N2/c1-14-16(15-8-4-2-5-9-15)12-18-13-17(14)19-10-6-3-7-11-19/h2,4-5,8-9,13H,3,6-7,10-11H2,1H3. The van der Waals surface area contributed by atoms with Gasteiger partial charge in [-0.3, -0.25) is 4.98 Å². The second-order valence-corrected chi connectivity index (χ2v) is 5.17. The maximum absolute atomic E-state index is 4.33. The summed E-state index contributed by atoms with van der Waals surface area (Å²) in [5.41, 5.74) is 4.90. The van der Waals surface area contributed by atoms with Crippen molar-refractivity contribution in [2.45, 2.75) is 26.2 Å². The van der Waals surface area contributed by atoms with Gasteiger partial charge in [-0.1, -0.05) is 30.3 Å². The van der Waals surface area contributed by atoms with Crippen LogP contribution in [-0.2, 0) is 0 Å². The fraction of sp³-hybridized carbons (Fsp3) is 0.353. The summed E-state index contributed by atoms with van der Waals surface area (Å²) in [5, 5.41) is 0. The summed E-state index contributed by atoms with van der Waals surface area (Å²) < 4.78 is 0. The van der Waals surface area contributed by atoms with Gasteiger partial charge in [0.25, 0.3) is 0 Å². The van der Waals surface area contributed by atoms with Gasteiger partial charge in [0.05, 0.1) is 18.1 Å². The van der Waals surface area contributed by atoms with Crippen LogP contribution in [0.4, 0.5) is 5.69 Å². The molecule has 1 aliphatic heterocycles. The maximum atomic E-state index is 4.33. The van der Waals surface area contributed by atoms with E-state index in [2.05, 4.69) is 47.3 Å². The smallest absolute Gasteiger partial charge is 0.0975 e. The van der Waals surface area contributed by atoms with Crippen LogP contribution in [0.3, 0.4) is 0 Å². The topological polar surface area (TPSA) is 16.1 Å². The zero-order valence-corrected chi connectivity index (χ0v) is 11.4. The Hall–Kier alpha value is -1.83. The van der Waals surface area contributed by atoms with Gasteiger partial charge in [-0.2, -0.15) is 0 Å². The largest absolute Gasteiger partial charge is 0.370 e. The molecule has 3 rings (SSSR count). The molecule has 1 saturated heterocycles. The van der Waals surface area contributed by atoms with Gasteiger partial charge >= 0.3 is 0 Å². The Morgan fingerprint density at radius 2 is 1.79 bits per heavy atom. The Bertz CT molecular complexity index is 542.